The molecule has 2 N–H and O–H groups in total. The Morgan fingerprint density at radius 2 is 1.81 bits per heavy atom. The molecule has 4 aliphatic heterocycles. The van der Waals surface area contributed by atoms with E-state index >= 15 is 4.39 Å². The van der Waals surface area contributed by atoms with Gasteiger partial charge in [0.2, 0.25) is 11.8 Å². The maximum atomic E-state index is 16.1. The molecule has 0 spiro atoms. The lowest BCUT2D eigenvalue weighted by Crippen LogP contribution is -2.64. The Labute approximate surface area is 325 Å². The number of benzene rings is 1. The van der Waals surface area contributed by atoms with Gasteiger partial charge >= 0.3 is 0 Å². The lowest BCUT2D eigenvalue weighted by molar-refractivity contribution is -0.136. The highest BCUT2D eigenvalue weighted by molar-refractivity contribution is 6.23. The van der Waals surface area contributed by atoms with E-state index in [4.69, 9.17) is 9.72 Å². The predicted octanol–water partition coefficient (Wildman–Crippen LogP) is 3.23. The van der Waals surface area contributed by atoms with E-state index < -0.39 is 35.3 Å². The molecule has 5 amide bonds. The molecule has 17 heteroatoms. The highest BCUT2D eigenvalue weighted by Gasteiger charge is 2.48. The van der Waals surface area contributed by atoms with E-state index in [1.807, 2.05) is 27.8 Å². The topological polar surface area (TPSA) is 176 Å². The molecule has 5 aromatic rings. The fourth-order valence-corrected chi connectivity index (χ4v) is 8.48. The van der Waals surface area contributed by atoms with Crippen molar-refractivity contribution in [2.75, 3.05) is 49.5 Å². The lowest BCUT2D eigenvalue weighted by Gasteiger charge is -2.48. The first-order chi connectivity index (χ1) is 27.6. The Hall–Kier alpha value is -6.23. The summed E-state index contributed by atoms with van der Waals surface area (Å²) in [4.78, 5) is 78.0. The van der Waals surface area contributed by atoms with Crippen molar-refractivity contribution in [1.82, 2.24) is 39.1 Å². The van der Waals surface area contributed by atoms with Gasteiger partial charge in [-0.2, -0.15) is 5.10 Å². The maximum Gasteiger partial charge on any atom is 0.262 e. The van der Waals surface area contributed by atoms with Gasteiger partial charge < -0.3 is 19.4 Å². The number of hydrogen-bond donors (Lipinski definition) is 2. The molecule has 1 unspecified atom stereocenters. The SMILES string of the molecule is O=C1CCC(N2C(=O)c3ccc(N4CC(F)(CN5CCC(c6cn7cc(NC(=O)c8cnn9cccnc89)c(OCC8CC8)cc7n6)CC5)C4)cc3C2=O)C(=O)N1. The number of rotatable bonds is 10. The van der Waals surface area contributed by atoms with Crippen molar-refractivity contribution in [2.45, 2.75) is 56.2 Å². The zero-order chi connectivity index (χ0) is 39.0. The van der Waals surface area contributed by atoms with Gasteiger partial charge in [-0.1, -0.05) is 0 Å². The minimum absolute atomic E-state index is 0.0463. The number of piperidine rings is 2. The quantitative estimate of drug-likeness (QED) is 0.199. The third-order valence-electron chi connectivity index (χ3n) is 11.8. The van der Waals surface area contributed by atoms with Crippen LogP contribution in [0.4, 0.5) is 15.8 Å². The Morgan fingerprint density at radius 3 is 2.60 bits per heavy atom. The van der Waals surface area contributed by atoms with E-state index in [1.165, 1.54) is 6.20 Å². The van der Waals surface area contributed by atoms with Crippen molar-refractivity contribution >= 4 is 52.2 Å². The van der Waals surface area contributed by atoms with Crippen LogP contribution in [0.1, 0.15) is 81.2 Å². The van der Waals surface area contributed by atoms with Crippen LogP contribution in [0, 0.1) is 5.92 Å². The number of anilines is 2. The van der Waals surface area contributed by atoms with E-state index in [-0.39, 0.29) is 55.4 Å². The molecule has 4 aromatic heterocycles. The van der Waals surface area contributed by atoms with Crippen LogP contribution >= 0.6 is 0 Å². The first-order valence-electron chi connectivity index (χ1n) is 19.4. The molecule has 0 bridgehead atoms. The summed E-state index contributed by atoms with van der Waals surface area (Å²) in [5, 5.41) is 9.45. The smallest absolute Gasteiger partial charge is 0.262 e. The summed E-state index contributed by atoms with van der Waals surface area (Å²) in [7, 11) is 0. The molecule has 10 rings (SSSR count). The average Bonchev–Trinajstić information content (AvgIpc) is 3.68. The van der Waals surface area contributed by atoms with Crippen LogP contribution in [-0.4, -0.2) is 114 Å². The van der Waals surface area contributed by atoms with Crippen molar-refractivity contribution in [3.8, 4) is 5.75 Å². The van der Waals surface area contributed by atoms with Gasteiger partial charge in [-0.3, -0.25) is 39.1 Å². The molecule has 4 fully saturated rings. The number of halogens is 1. The molecular weight excluding hydrogens is 736 g/mol. The third-order valence-corrected chi connectivity index (χ3v) is 11.8. The second kappa shape index (κ2) is 13.5. The molecular formula is C40H39FN10O6. The fraction of sp³-hybridized carbons (Fsp3) is 0.400. The number of imide groups is 2. The van der Waals surface area contributed by atoms with E-state index in [9.17, 15) is 24.0 Å². The first-order valence-corrected chi connectivity index (χ1v) is 19.4. The highest BCUT2D eigenvalue weighted by Crippen LogP contribution is 2.38. The zero-order valence-electron chi connectivity index (χ0n) is 30.9. The maximum absolute atomic E-state index is 16.1. The molecule has 5 aliphatic rings. The Kier molecular flexibility index (Phi) is 8.31. The summed E-state index contributed by atoms with van der Waals surface area (Å²) in [6.07, 6.45) is 12.7. The molecule has 8 heterocycles. The normalized spacial score (nSPS) is 21.2. The van der Waals surface area contributed by atoms with Crippen molar-refractivity contribution in [3.63, 3.8) is 0 Å². The standard InChI is InChI=1S/C40H39FN10O6/c41-40(21-49(22-40)25-4-5-26-27(14-25)39(56)51(38(26)55)31-6-7-34(52)46-37(31)54)20-47-12-8-24(9-13-47)29-17-48-18-30(32(15-33(48)44-29)57-19-23-2-3-23)45-36(53)28-16-43-50-11-1-10-42-35(28)50/h1,4-5,10-11,14-18,23-24,31H,2-3,6-9,12-13,19-22H2,(H,45,53)(H,46,52,54). The van der Waals surface area contributed by atoms with E-state index in [1.54, 1.807) is 41.2 Å². The van der Waals surface area contributed by atoms with Gasteiger partial charge in [0.25, 0.3) is 17.7 Å². The summed E-state index contributed by atoms with van der Waals surface area (Å²) in [6.45, 7) is 2.56. The molecule has 1 aliphatic carbocycles. The molecule has 292 valence electrons. The number of carbonyl (C=O) groups excluding carboxylic acids is 5. The number of alkyl halides is 1. The number of carbonyl (C=O) groups is 5. The second-order valence-corrected chi connectivity index (χ2v) is 15.9. The Balaban J connectivity index is 0.770. The van der Waals surface area contributed by atoms with Gasteiger partial charge in [0.05, 0.1) is 42.7 Å². The third kappa shape index (κ3) is 6.44. The first kappa shape index (κ1) is 35.2. The van der Waals surface area contributed by atoms with Crippen LogP contribution in [0.15, 0.2) is 61.3 Å². The van der Waals surface area contributed by atoms with E-state index in [0.717, 1.165) is 36.3 Å². The molecule has 1 atom stereocenters. The minimum Gasteiger partial charge on any atom is -0.491 e. The molecule has 1 aromatic carbocycles. The van der Waals surface area contributed by atoms with Crippen LogP contribution < -0.4 is 20.3 Å². The van der Waals surface area contributed by atoms with Crippen LogP contribution in [0.25, 0.3) is 11.3 Å². The van der Waals surface area contributed by atoms with Crippen LogP contribution in [0.3, 0.4) is 0 Å². The van der Waals surface area contributed by atoms with Crippen molar-refractivity contribution in [1.29, 1.82) is 0 Å². The van der Waals surface area contributed by atoms with Gasteiger partial charge in [-0.25, -0.2) is 18.9 Å². The number of pyridine rings is 1. The number of imidazole rings is 1. The molecule has 3 saturated heterocycles. The van der Waals surface area contributed by atoms with Crippen molar-refractivity contribution in [2.24, 2.45) is 5.92 Å². The van der Waals surface area contributed by atoms with Gasteiger partial charge in [0.15, 0.2) is 11.3 Å². The monoisotopic (exact) mass is 774 g/mol. The average molecular weight is 775 g/mol. The van der Waals surface area contributed by atoms with E-state index in [2.05, 4.69) is 25.6 Å². The zero-order valence-corrected chi connectivity index (χ0v) is 30.9. The van der Waals surface area contributed by atoms with Crippen LogP contribution in [-0.2, 0) is 9.59 Å². The Morgan fingerprint density at radius 1 is 1.00 bits per heavy atom. The van der Waals surface area contributed by atoms with Crippen molar-refractivity contribution < 1.29 is 33.1 Å². The summed E-state index contributed by atoms with van der Waals surface area (Å²) in [5.74, 6) is -1.34. The van der Waals surface area contributed by atoms with Gasteiger partial charge in [0.1, 0.15) is 28.7 Å². The number of aromatic nitrogens is 5. The minimum atomic E-state index is -1.44. The summed E-state index contributed by atoms with van der Waals surface area (Å²) < 4.78 is 25.7. The molecule has 0 radical (unpaired) electrons. The number of nitrogens with one attached hydrogen (secondary N) is 2. The molecule has 1 saturated carbocycles. The number of nitrogens with zero attached hydrogens (tertiary/aromatic N) is 8. The van der Waals surface area contributed by atoms with Crippen LogP contribution in [0.5, 0.6) is 5.75 Å². The fourth-order valence-electron chi connectivity index (χ4n) is 8.48. The number of hydrogen-bond acceptors (Lipinski definition) is 11. The van der Waals surface area contributed by atoms with Gasteiger partial charge in [-0.05, 0) is 75.4 Å². The van der Waals surface area contributed by atoms with Gasteiger partial charge in [0, 0.05) is 55.4 Å². The number of likely N-dealkylation sites (tertiary alicyclic amines) is 1. The number of fused-ring (bicyclic) bond motifs is 3. The second-order valence-electron chi connectivity index (χ2n) is 15.9. The molecule has 57 heavy (non-hydrogen) atoms. The Bertz CT molecular complexity index is 2500. The largest absolute Gasteiger partial charge is 0.491 e. The highest BCUT2D eigenvalue weighted by atomic mass is 19.1. The summed E-state index contributed by atoms with van der Waals surface area (Å²) >= 11 is 0. The van der Waals surface area contributed by atoms with Crippen LogP contribution in [0.2, 0.25) is 0 Å². The summed E-state index contributed by atoms with van der Waals surface area (Å²) in [5.41, 5.74) is 2.55. The number of amides is 5. The molecule has 16 nitrogen and oxygen atoms in total. The summed E-state index contributed by atoms with van der Waals surface area (Å²) in [6, 6.07) is 7.43. The van der Waals surface area contributed by atoms with Gasteiger partial charge in [-0.15, -0.1) is 0 Å². The number of ether oxygens (including phenoxy) is 1. The van der Waals surface area contributed by atoms with E-state index in [0.29, 0.717) is 59.6 Å². The van der Waals surface area contributed by atoms with Crippen molar-refractivity contribution in [3.05, 3.63) is 83.7 Å². The predicted molar refractivity (Wildman–Crippen MR) is 202 cm³/mol. The lowest BCUT2D eigenvalue weighted by atomic mass is 9.90.